The van der Waals surface area contributed by atoms with Crippen LogP contribution in [-0.4, -0.2) is 0 Å². The van der Waals surface area contributed by atoms with Crippen molar-refractivity contribution in [3.05, 3.63) is 42.0 Å². The van der Waals surface area contributed by atoms with Crippen LogP contribution < -0.4 is 21.9 Å². The molecule has 4 nitrogen and oxygen atoms in total. The quantitative estimate of drug-likeness (QED) is 0.727. The molecular formula is C13H18Cl3N3O. The van der Waals surface area contributed by atoms with Crippen LogP contribution in [0.3, 0.4) is 0 Å². The van der Waals surface area contributed by atoms with Gasteiger partial charge in [-0.1, -0.05) is 6.07 Å². The molecule has 20 heavy (non-hydrogen) atoms. The minimum atomic E-state index is 0. The zero-order valence-electron chi connectivity index (χ0n) is 10.8. The number of nitrogens with two attached hydrogens (primary N) is 3. The van der Waals surface area contributed by atoms with Crippen LogP contribution >= 0.6 is 37.2 Å². The van der Waals surface area contributed by atoms with Crippen LogP contribution in [0.1, 0.15) is 5.56 Å². The van der Waals surface area contributed by atoms with E-state index in [0.29, 0.717) is 28.6 Å². The molecule has 0 amide bonds. The van der Waals surface area contributed by atoms with Gasteiger partial charge in [-0.3, -0.25) is 0 Å². The van der Waals surface area contributed by atoms with Gasteiger partial charge in [0.25, 0.3) is 0 Å². The lowest BCUT2D eigenvalue weighted by atomic mass is 10.2. The van der Waals surface area contributed by atoms with Gasteiger partial charge in [0.15, 0.2) is 0 Å². The van der Waals surface area contributed by atoms with Crippen LogP contribution in [0.15, 0.2) is 36.4 Å². The Labute approximate surface area is 136 Å². The SMILES string of the molecule is Cc1c(N)cccc1Oc1ccc(N)cc1N.Cl.Cl.Cl. The molecule has 0 aliphatic carbocycles. The summed E-state index contributed by atoms with van der Waals surface area (Å²) in [6.07, 6.45) is 0. The summed E-state index contributed by atoms with van der Waals surface area (Å²) in [4.78, 5) is 0. The van der Waals surface area contributed by atoms with Crippen molar-refractivity contribution in [1.29, 1.82) is 0 Å². The molecule has 0 aliphatic rings. The highest BCUT2D eigenvalue weighted by atomic mass is 35.5. The number of hydrogen-bond donors (Lipinski definition) is 3. The van der Waals surface area contributed by atoms with E-state index in [2.05, 4.69) is 0 Å². The van der Waals surface area contributed by atoms with Crippen molar-refractivity contribution in [2.45, 2.75) is 6.92 Å². The van der Waals surface area contributed by atoms with Crippen LogP contribution in [-0.2, 0) is 0 Å². The Morgan fingerprint density at radius 1 is 0.800 bits per heavy atom. The molecule has 0 unspecified atom stereocenters. The van der Waals surface area contributed by atoms with Gasteiger partial charge in [0.05, 0.1) is 5.69 Å². The first-order chi connectivity index (χ1) is 8.08. The van der Waals surface area contributed by atoms with E-state index in [1.54, 1.807) is 18.2 Å². The van der Waals surface area contributed by atoms with Crippen LogP contribution in [0.5, 0.6) is 11.5 Å². The normalized spacial score (nSPS) is 8.65. The van der Waals surface area contributed by atoms with Gasteiger partial charge in [0.2, 0.25) is 0 Å². The molecule has 0 bridgehead atoms. The van der Waals surface area contributed by atoms with Gasteiger partial charge in [-0.05, 0) is 37.3 Å². The van der Waals surface area contributed by atoms with E-state index in [0.717, 1.165) is 5.56 Å². The van der Waals surface area contributed by atoms with Crippen molar-refractivity contribution >= 4 is 54.3 Å². The third kappa shape index (κ3) is 4.56. The number of anilines is 3. The van der Waals surface area contributed by atoms with E-state index in [1.807, 2.05) is 25.1 Å². The maximum Gasteiger partial charge on any atom is 0.150 e. The van der Waals surface area contributed by atoms with Gasteiger partial charge in [-0.25, -0.2) is 0 Å². The lowest BCUT2D eigenvalue weighted by Gasteiger charge is -2.12. The molecule has 2 rings (SSSR count). The van der Waals surface area contributed by atoms with Crippen molar-refractivity contribution in [1.82, 2.24) is 0 Å². The second-order valence-corrected chi connectivity index (χ2v) is 3.87. The average molecular weight is 339 g/mol. The largest absolute Gasteiger partial charge is 0.455 e. The van der Waals surface area contributed by atoms with E-state index in [9.17, 15) is 0 Å². The van der Waals surface area contributed by atoms with E-state index in [4.69, 9.17) is 21.9 Å². The fraction of sp³-hybridized carbons (Fsp3) is 0.0769. The molecule has 6 N–H and O–H groups in total. The summed E-state index contributed by atoms with van der Waals surface area (Å²) in [5, 5.41) is 0. The standard InChI is InChI=1S/C13H15N3O.3ClH/c1-8-10(15)3-2-4-12(8)17-13-6-5-9(14)7-11(13)16;;;/h2-7H,14-16H2,1H3;3*1H. The number of halogens is 3. The molecule has 0 saturated heterocycles. The lowest BCUT2D eigenvalue weighted by molar-refractivity contribution is 0.482. The summed E-state index contributed by atoms with van der Waals surface area (Å²) in [5.41, 5.74) is 19.9. The summed E-state index contributed by atoms with van der Waals surface area (Å²) < 4.78 is 5.72. The Hall–Kier alpha value is -1.49. The molecule has 0 spiro atoms. The van der Waals surface area contributed by atoms with E-state index in [1.165, 1.54) is 0 Å². The maximum atomic E-state index is 5.82. The molecule has 0 radical (unpaired) electrons. The van der Waals surface area contributed by atoms with Gasteiger partial charge in [0.1, 0.15) is 11.5 Å². The minimum absolute atomic E-state index is 0. The zero-order chi connectivity index (χ0) is 12.4. The Bertz CT molecular complexity index is 565. The number of nitrogen functional groups attached to an aromatic ring is 3. The first-order valence-electron chi connectivity index (χ1n) is 5.26. The van der Waals surface area contributed by atoms with Gasteiger partial charge in [-0.2, -0.15) is 0 Å². The van der Waals surface area contributed by atoms with Crippen LogP contribution in [0.4, 0.5) is 17.1 Å². The highest BCUT2D eigenvalue weighted by molar-refractivity contribution is 5.86. The van der Waals surface area contributed by atoms with Crippen molar-refractivity contribution in [2.75, 3.05) is 17.2 Å². The highest BCUT2D eigenvalue weighted by Crippen LogP contribution is 2.32. The summed E-state index contributed by atoms with van der Waals surface area (Å²) in [5.74, 6) is 1.27. The first-order valence-corrected chi connectivity index (χ1v) is 5.26. The average Bonchev–Trinajstić information content (AvgIpc) is 2.28. The maximum absolute atomic E-state index is 5.82. The fourth-order valence-corrected chi connectivity index (χ4v) is 1.52. The molecule has 0 heterocycles. The number of ether oxygens (including phenoxy) is 1. The topological polar surface area (TPSA) is 87.3 Å². The Kier molecular flexibility index (Phi) is 8.99. The van der Waals surface area contributed by atoms with Gasteiger partial charge in [-0.15, -0.1) is 37.2 Å². The minimum Gasteiger partial charge on any atom is -0.455 e. The molecule has 0 aromatic heterocycles. The summed E-state index contributed by atoms with van der Waals surface area (Å²) in [6, 6.07) is 10.7. The Balaban J connectivity index is 0. The Morgan fingerprint density at radius 3 is 2.05 bits per heavy atom. The summed E-state index contributed by atoms with van der Waals surface area (Å²) >= 11 is 0. The number of benzene rings is 2. The number of rotatable bonds is 2. The molecule has 2 aromatic carbocycles. The van der Waals surface area contributed by atoms with Crippen molar-refractivity contribution in [3.63, 3.8) is 0 Å². The van der Waals surface area contributed by atoms with Crippen molar-refractivity contribution in [2.24, 2.45) is 0 Å². The van der Waals surface area contributed by atoms with Gasteiger partial charge in [0, 0.05) is 16.9 Å². The van der Waals surface area contributed by atoms with Gasteiger partial charge < -0.3 is 21.9 Å². The van der Waals surface area contributed by atoms with Crippen LogP contribution in [0.2, 0.25) is 0 Å². The zero-order valence-corrected chi connectivity index (χ0v) is 13.3. The van der Waals surface area contributed by atoms with E-state index in [-0.39, 0.29) is 37.2 Å². The first kappa shape index (κ1) is 20.8. The lowest BCUT2D eigenvalue weighted by Crippen LogP contribution is -1.97. The van der Waals surface area contributed by atoms with Crippen molar-refractivity contribution in [3.8, 4) is 11.5 Å². The highest BCUT2D eigenvalue weighted by Gasteiger charge is 2.06. The third-order valence-electron chi connectivity index (χ3n) is 2.58. The molecule has 0 aliphatic heterocycles. The third-order valence-corrected chi connectivity index (χ3v) is 2.58. The molecular weight excluding hydrogens is 321 g/mol. The summed E-state index contributed by atoms with van der Waals surface area (Å²) in [7, 11) is 0. The van der Waals surface area contributed by atoms with Crippen molar-refractivity contribution < 1.29 is 4.74 Å². The second kappa shape index (κ2) is 8.64. The van der Waals surface area contributed by atoms with E-state index < -0.39 is 0 Å². The summed E-state index contributed by atoms with van der Waals surface area (Å²) in [6.45, 7) is 1.90. The predicted molar refractivity (Wildman–Crippen MR) is 92.7 cm³/mol. The smallest absolute Gasteiger partial charge is 0.150 e. The predicted octanol–water partition coefficient (Wildman–Crippen LogP) is 3.80. The second-order valence-electron chi connectivity index (χ2n) is 3.87. The molecule has 112 valence electrons. The molecule has 2 aromatic rings. The molecule has 0 atom stereocenters. The molecule has 7 heteroatoms. The monoisotopic (exact) mass is 337 g/mol. The molecule has 0 saturated carbocycles. The number of hydrogen-bond acceptors (Lipinski definition) is 4. The van der Waals surface area contributed by atoms with Gasteiger partial charge >= 0.3 is 0 Å². The van der Waals surface area contributed by atoms with E-state index >= 15 is 0 Å². The Morgan fingerprint density at radius 2 is 1.45 bits per heavy atom. The molecule has 0 fully saturated rings. The van der Waals surface area contributed by atoms with Crippen LogP contribution in [0.25, 0.3) is 0 Å². The van der Waals surface area contributed by atoms with Crippen LogP contribution in [0, 0.1) is 6.92 Å². The fourth-order valence-electron chi connectivity index (χ4n) is 1.52.